The third-order valence-corrected chi connectivity index (χ3v) is 4.29. The van der Waals surface area contributed by atoms with Gasteiger partial charge in [0, 0.05) is 4.88 Å². The number of nitrogens with zero attached hydrogens (tertiary/aromatic N) is 2. The molecule has 0 bridgehead atoms. The Labute approximate surface area is 125 Å². The van der Waals surface area contributed by atoms with E-state index in [9.17, 15) is 9.18 Å². The Morgan fingerprint density at radius 2 is 2.20 bits per heavy atom. The highest BCUT2D eigenvalue weighted by molar-refractivity contribution is 7.11. The molecule has 0 aliphatic rings. The molecule has 2 heterocycles. The number of halogens is 2. The molecule has 7 heteroatoms. The lowest BCUT2D eigenvalue weighted by Gasteiger charge is -2.13. The number of aryl methyl sites for hydroxylation is 2. The van der Waals surface area contributed by atoms with E-state index in [1.54, 1.807) is 0 Å². The smallest absolute Gasteiger partial charge is 0.255 e. The molecule has 2 rings (SSSR count). The predicted octanol–water partition coefficient (Wildman–Crippen LogP) is 3.44. The minimum Gasteiger partial charge on any atom is -0.345 e. The number of nitrogens with one attached hydrogen (secondary N) is 1. The molecule has 20 heavy (non-hydrogen) atoms. The van der Waals surface area contributed by atoms with Gasteiger partial charge in [-0.05, 0) is 26.8 Å². The summed E-state index contributed by atoms with van der Waals surface area (Å²) in [4.78, 5) is 21.0. The third kappa shape index (κ3) is 3.13. The number of hydrogen-bond donors (Lipinski definition) is 1. The van der Waals surface area contributed by atoms with E-state index in [4.69, 9.17) is 11.6 Å². The van der Waals surface area contributed by atoms with Gasteiger partial charge in [-0.2, -0.15) is 0 Å². The van der Waals surface area contributed by atoms with E-state index in [2.05, 4.69) is 15.3 Å². The molecule has 2 aromatic rings. The number of hydrogen-bond acceptors (Lipinski definition) is 4. The van der Waals surface area contributed by atoms with Crippen molar-refractivity contribution < 1.29 is 9.18 Å². The van der Waals surface area contributed by atoms with Crippen molar-refractivity contribution in [2.75, 3.05) is 0 Å². The van der Waals surface area contributed by atoms with Crippen LogP contribution in [0, 0.1) is 19.7 Å². The molecule has 0 aromatic carbocycles. The van der Waals surface area contributed by atoms with Crippen LogP contribution in [0.3, 0.4) is 0 Å². The maximum Gasteiger partial charge on any atom is 0.255 e. The molecule has 0 saturated heterocycles. The van der Waals surface area contributed by atoms with Gasteiger partial charge in [-0.3, -0.25) is 4.79 Å². The maximum atomic E-state index is 13.1. The van der Waals surface area contributed by atoms with Crippen LogP contribution in [0.2, 0.25) is 5.15 Å². The molecule has 0 spiro atoms. The van der Waals surface area contributed by atoms with Crippen LogP contribution in [0.25, 0.3) is 0 Å². The molecule has 106 valence electrons. The fourth-order valence-electron chi connectivity index (χ4n) is 1.87. The monoisotopic (exact) mass is 313 g/mol. The van der Waals surface area contributed by atoms with Crippen LogP contribution in [0.4, 0.5) is 4.39 Å². The Bertz CT molecular complexity index is 659. The molecule has 1 N–H and O–H groups in total. The molecule has 0 aliphatic heterocycles. The molecule has 2 aromatic heterocycles. The van der Waals surface area contributed by atoms with Gasteiger partial charge in [0.25, 0.3) is 5.91 Å². The summed E-state index contributed by atoms with van der Waals surface area (Å²) in [5.74, 6) is -1.06. The third-order valence-electron chi connectivity index (χ3n) is 2.73. The average Bonchev–Trinajstić information content (AvgIpc) is 2.71. The predicted molar refractivity (Wildman–Crippen MR) is 76.7 cm³/mol. The molecule has 1 atom stereocenters. The van der Waals surface area contributed by atoms with Gasteiger partial charge in [0.1, 0.15) is 11.0 Å². The molecule has 0 fully saturated rings. The second-order valence-corrected chi connectivity index (χ2v) is 5.96. The molecular weight excluding hydrogens is 301 g/mol. The number of pyridine rings is 1. The molecule has 0 radical (unpaired) electrons. The molecule has 4 nitrogen and oxygen atoms in total. The van der Waals surface area contributed by atoms with Gasteiger partial charge in [-0.15, -0.1) is 11.3 Å². The Hall–Kier alpha value is -1.53. The average molecular weight is 314 g/mol. The van der Waals surface area contributed by atoms with Gasteiger partial charge in [0.15, 0.2) is 0 Å². The Kier molecular flexibility index (Phi) is 4.35. The fraction of sp³-hybridized carbons (Fsp3) is 0.308. The van der Waals surface area contributed by atoms with Gasteiger partial charge >= 0.3 is 0 Å². The van der Waals surface area contributed by atoms with Gasteiger partial charge in [-0.1, -0.05) is 11.6 Å². The number of amides is 1. The van der Waals surface area contributed by atoms with Gasteiger partial charge in [0.05, 0.1) is 28.5 Å². The van der Waals surface area contributed by atoms with Crippen molar-refractivity contribution in [3.05, 3.63) is 44.4 Å². The van der Waals surface area contributed by atoms with Crippen molar-refractivity contribution in [2.24, 2.45) is 0 Å². The fourth-order valence-corrected chi connectivity index (χ4v) is 2.99. The molecule has 0 aliphatic carbocycles. The highest BCUT2D eigenvalue weighted by Crippen LogP contribution is 2.25. The minimum absolute atomic E-state index is 0.0201. The maximum absolute atomic E-state index is 13.1. The van der Waals surface area contributed by atoms with Crippen LogP contribution in [0.5, 0.6) is 0 Å². The van der Waals surface area contributed by atoms with Gasteiger partial charge < -0.3 is 5.32 Å². The second kappa shape index (κ2) is 5.85. The molecule has 1 unspecified atom stereocenters. The van der Waals surface area contributed by atoms with E-state index < -0.39 is 11.7 Å². The van der Waals surface area contributed by atoms with E-state index in [0.717, 1.165) is 27.8 Å². The summed E-state index contributed by atoms with van der Waals surface area (Å²) in [5.41, 5.74) is 0.904. The molecule has 1 amide bonds. The summed E-state index contributed by atoms with van der Waals surface area (Å²) < 4.78 is 13.1. The van der Waals surface area contributed by atoms with E-state index in [1.165, 1.54) is 11.3 Å². The highest BCUT2D eigenvalue weighted by Gasteiger charge is 2.18. The van der Waals surface area contributed by atoms with E-state index >= 15 is 0 Å². The van der Waals surface area contributed by atoms with Gasteiger partial charge in [0.2, 0.25) is 0 Å². The van der Waals surface area contributed by atoms with Crippen LogP contribution in [-0.4, -0.2) is 15.9 Å². The first-order chi connectivity index (χ1) is 9.38. The first kappa shape index (κ1) is 14.9. The first-order valence-corrected chi connectivity index (χ1v) is 7.13. The Morgan fingerprint density at radius 3 is 2.80 bits per heavy atom. The van der Waals surface area contributed by atoms with E-state index in [1.807, 2.05) is 20.8 Å². The highest BCUT2D eigenvalue weighted by atomic mass is 35.5. The lowest BCUT2D eigenvalue weighted by molar-refractivity contribution is 0.0939. The summed E-state index contributed by atoms with van der Waals surface area (Å²) in [7, 11) is 0. The Morgan fingerprint density at radius 1 is 1.50 bits per heavy atom. The molecular formula is C13H13ClFN3OS. The van der Waals surface area contributed by atoms with Crippen molar-refractivity contribution >= 4 is 28.8 Å². The van der Waals surface area contributed by atoms with E-state index in [0.29, 0.717) is 0 Å². The van der Waals surface area contributed by atoms with Crippen LogP contribution < -0.4 is 5.32 Å². The number of aromatic nitrogens is 2. The first-order valence-electron chi connectivity index (χ1n) is 5.94. The lowest BCUT2D eigenvalue weighted by atomic mass is 10.2. The number of carbonyl (C=O) groups excluding carboxylic acids is 1. The van der Waals surface area contributed by atoms with Gasteiger partial charge in [-0.25, -0.2) is 14.4 Å². The zero-order valence-electron chi connectivity index (χ0n) is 11.2. The zero-order chi connectivity index (χ0) is 14.9. The van der Waals surface area contributed by atoms with Crippen molar-refractivity contribution in [2.45, 2.75) is 26.8 Å². The lowest BCUT2D eigenvalue weighted by Crippen LogP contribution is -2.27. The standard InChI is InChI=1S/C13H13ClFN3OS/c1-6-11(20-8(3)17-6)7(2)18-13(19)10-4-9(15)5-16-12(10)14/h4-5,7H,1-3H3,(H,18,19). The van der Waals surface area contributed by atoms with Crippen molar-refractivity contribution in [1.82, 2.24) is 15.3 Å². The second-order valence-electron chi connectivity index (χ2n) is 4.37. The van der Waals surface area contributed by atoms with Crippen molar-refractivity contribution in [3.8, 4) is 0 Å². The number of carbonyl (C=O) groups is 1. The van der Waals surface area contributed by atoms with Crippen molar-refractivity contribution in [1.29, 1.82) is 0 Å². The topological polar surface area (TPSA) is 54.9 Å². The van der Waals surface area contributed by atoms with Crippen LogP contribution in [-0.2, 0) is 0 Å². The van der Waals surface area contributed by atoms with Crippen LogP contribution in [0.1, 0.15) is 38.9 Å². The zero-order valence-corrected chi connectivity index (χ0v) is 12.8. The summed E-state index contributed by atoms with van der Waals surface area (Å²) in [6, 6.07) is 0.843. The van der Waals surface area contributed by atoms with E-state index in [-0.39, 0.29) is 16.8 Å². The van der Waals surface area contributed by atoms with Crippen LogP contribution in [0.15, 0.2) is 12.3 Å². The Balaban J connectivity index is 2.19. The number of rotatable bonds is 3. The SMILES string of the molecule is Cc1nc(C)c(C(C)NC(=O)c2cc(F)cnc2Cl)s1. The minimum atomic E-state index is -0.600. The summed E-state index contributed by atoms with van der Waals surface area (Å²) in [6.07, 6.45) is 0.971. The quantitative estimate of drug-likeness (QED) is 0.883. The summed E-state index contributed by atoms with van der Waals surface area (Å²) >= 11 is 7.33. The molecule has 0 saturated carbocycles. The largest absolute Gasteiger partial charge is 0.345 e. The summed E-state index contributed by atoms with van der Waals surface area (Å²) in [5, 5.41) is 3.69. The summed E-state index contributed by atoms with van der Waals surface area (Å²) in [6.45, 7) is 5.64. The normalized spacial score (nSPS) is 12.2. The van der Waals surface area contributed by atoms with Crippen LogP contribution >= 0.6 is 22.9 Å². The number of thiazole rings is 1. The van der Waals surface area contributed by atoms with Crippen molar-refractivity contribution in [3.63, 3.8) is 0 Å².